The average Bonchev–Trinajstić information content (AvgIpc) is 2.74. The van der Waals surface area contributed by atoms with E-state index in [0.29, 0.717) is 17.1 Å². The van der Waals surface area contributed by atoms with Crippen molar-refractivity contribution < 1.29 is 18.8 Å². The number of amides is 1. The van der Waals surface area contributed by atoms with E-state index in [9.17, 15) is 9.59 Å². The third kappa shape index (κ3) is 3.72. The molecule has 1 aromatic heterocycles. The van der Waals surface area contributed by atoms with E-state index in [1.54, 1.807) is 13.8 Å². The molecule has 22 heavy (non-hydrogen) atoms. The molecule has 0 fully saturated rings. The van der Waals surface area contributed by atoms with Crippen molar-refractivity contribution in [3.63, 3.8) is 0 Å². The summed E-state index contributed by atoms with van der Waals surface area (Å²) in [7, 11) is 0. The lowest BCUT2D eigenvalue weighted by Gasteiger charge is -2.08. The van der Waals surface area contributed by atoms with E-state index in [4.69, 9.17) is 9.26 Å². The van der Waals surface area contributed by atoms with Gasteiger partial charge >= 0.3 is 5.97 Å². The summed E-state index contributed by atoms with van der Waals surface area (Å²) in [6, 6.07) is 5.70. The SMILES string of the molecule is Cc1cc(C)cc(NC(=O)COC(=O)c2c(C)noc2C)c1. The minimum atomic E-state index is -0.619. The Morgan fingerprint density at radius 3 is 2.32 bits per heavy atom. The van der Waals surface area contributed by atoms with Gasteiger partial charge in [-0.05, 0) is 51.0 Å². The number of benzene rings is 1. The van der Waals surface area contributed by atoms with Gasteiger partial charge in [-0.1, -0.05) is 11.2 Å². The first kappa shape index (κ1) is 15.8. The highest BCUT2D eigenvalue weighted by molar-refractivity contribution is 5.96. The first-order valence-corrected chi connectivity index (χ1v) is 6.85. The van der Waals surface area contributed by atoms with Gasteiger partial charge in [0.05, 0.1) is 5.69 Å². The normalized spacial score (nSPS) is 10.4. The molecular formula is C16H18N2O4. The van der Waals surface area contributed by atoms with Gasteiger partial charge in [0, 0.05) is 5.69 Å². The summed E-state index contributed by atoms with van der Waals surface area (Å²) in [6.45, 7) is 6.78. The molecular weight excluding hydrogens is 284 g/mol. The van der Waals surface area contributed by atoms with Crippen LogP contribution in [-0.2, 0) is 9.53 Å². The Bertz CT molecular complexity index is 679. The topological polar surface area (TPSA) is 81.4 Å². The van der Waals surface area contributed by atoms with Crippen molar-refractivity contribution in [2.24, 2.45) is 0 Å². The van der Waals surface area contributed by atoms with Gasteiger partial charge in [-0.3, -0.25) is 4.79 Å². The summed E-state index contributed by atoms with van der Waals surface area (Å²) in [4.78, 5) is 23.8. The average molecular weight is 302 g/mol. The van der Waals surface area contributed by atoms with E-state index in [-0.39, 0.29) is 12.2 Å². The van der Waals surface area contributed by atoms with E-state index < -0.39 is 11.9 Å². The molecule has 1 amide bonds. The summed E-state index contributed by atoms with van der Waals surface area (Å²) < 4.78 is 9.89. The fraction of sp³-hybridized carbons (Fsp3) is 0.312. The zero-order chi connectivity index (χ0) is 16.3. The maximum atomic E-state index is 11.9. The van der Waals surface area contributed by atoms with Gasteiger partial charge in [-0.2, -0.15) is 0 Å². The molecule has 0 spiro atoms. The van der Waals surface area contributed by atoms with Crippen molar-refractivity contribution in [3.05, 3.63) is 46.3 Å². The molecule has 0 unspecified atom stereocenters. The van der Waals surface area contributed by atoms with Gasteiger partial charge in [0.2, 0.25) is 0 Å². The molecule has 1 N–H and O–H groups in total. The quantitative estimate of drug-likeness (QED) is 0.878. The van der Waals surface area contributed by atoms with Crippen molar-refractivity contribution >= 4 is 17.6 Å². The summed E-state index contributed by atoms with van der Waals surface area (Å²) in [5.74, 6) is -0.644. The second kappa shape index (κ2) is 6.43. The van der Waals surface area contributed by atoms with Crippen molar-refractivity contribution in [3.8, 4) is 0 Å². The van der Waals surface area contributed by atoms with E-state index in [1.807, 2.05) is 32.0 Å². The van der Waals surface area contributed by atoms with Crippen LogP contribution in [0.1, 0.15) is 32.9 Å². The molecule has 6 heteroatoms. The third-order valence-corrected chi connectivity index (χ3v) is 3.08. The molecule has 0 atom stereocenters. The summed E-state index contributed by atoms with van der Waals surface area (Å²) in [5, 5.41) is 6.37. The molecule has 1 heterocycles. The number of nitrogens with one attached hydrogen (secondary N) is 1. The van der Waals surface area contributed by atoms with Crippen LogP contribution in [0.15, 0.2) is 22.7 Å². The minimum absolute atomic E-state index is 0.263. The minimum Gasteiger partial charge on any atom is -0.452 e. The first-order chi connectivity index (χ1) is 10.4. The number of esters is 1. The second-order valence-electron chi connectivity index (χ2n) is 5.20. The Morgan fingerprint density at radius 2 is 1.77 bits per heavy atom. The van der Waals surface area contributed by atoms with Crippen LogP contribution in [0.4, 0.5) is 5.69 Å². The molecule has 0 saturated heterocycles. The number of aromatic nitrogens is 1. The van der Waals surface area contributed by atoms with Crippen LogP contribution < -0.4 is 5.32 Å². The van der Waals surface area contributed by atoms with Crippen LogP contribution in [0.5, 0.6) is 0 Å². The number of carbonyl (C=O) groups excluding carboxylic acids is 2. The highest BCUT2D eigenvalue weighted by atomic mass is 16.5. The van der Waals surface area contributed by atoms with Gasteiger partial charge in [-0.15, -0.1) is 0 Å². The largest absolute Gasteiger partial charge is 0.452 e. The zero-order valence-electron chi connectivity index (χ0n) is 13.0. The van der Waals surface area contributed by atoms with Crippen LogP contribution >= 0.6 is 0 Å². The summed E-state index contributed by atoms with van der Waals surface area (Å²) >= 11 is 0. The van der Waals surface area contributed by atoms with Gasteiger partial charge in [0.1, 0.15) is 11.3 Å². The summed E-state index contributed by atoms with van der Waals surface area (Å²) in [5.41, 5.74) is 3.47. The van der Waals surface area contributed by atoms with Gasteiger partial charge in [0.15, 0.2) is 6.61 Å². The standard InChI is InChI=1S/C16H18N2O4/c1-9-5-10(2)7-13(6-9)17-14(19)8-21-16(20)15-11(3)18-22-12(15)4/h5-7H,8H2,1-4H3,(H,17,19). The summed E-state index contributed by atoms with van der Waals surface area (Å²) in [6.07, 6.45) is 0. The number of hydrogen-bond acceptors (Lipinski definition) is 5. The Morgan fingerprint density at radius 1 is 1.14 bits per heavy atom. The lowest BCUT2D eigenvalue weighted by Crippen LogP contribution is -2.21. The third-order valence-electron chi connectivity index (χ3n) is 3.08. The number of aryl methyl sites for hydroxylation is 4. The van der Waals surface area contributed by atoms with Crippen LogP contribution in [0.2, 0.25) is 0 Å². The molecule has 2 aromatic rings. The number of ether oxygens (including phenoxy) is 1. The highest BCUT2D eigenvalue weighted by Gasteiger charge is 2.19. The molecule has 116 valence electrons. The maximum absolute atomic E-state index is 11.9. The highest BCUT2D eigenvalue weighted by Crippen LogP contribution is 2.15. The van der Waals surface area contributed by atoms with Crippen molar-refractivity contribution in [1.82, 2.24) is 5.16 Å². The molecule has 0 aliphatic heterocycles. The van der Waals surface area contributed by atoms with Gasteiger partial charge in [-0.25, -0.2) is 4.79 Å². The zero-order valence-corrected chi connectivity index (χ0v) is 13.0. The van der Waals surface area contributed by atoms with Crippen molar-refractivity contribution in [2.75, 3.05) is 11.9 Å². The fourth-order valence-corrected chi connectivity index (χ4v) is 2.22. The van der Waals surface area contributed by atoms with Gasteiger partial charge in [0.25, 0.3) is 5.91 Å². The second-order valence-corrected chi connectivity index (χ2v) is 5.20. The Kier molecular flexibility index (Phi) is 4.60. The Balaban J connectivity index is 1.94. The molecule has 0 saturated carbocycles. The number of anilines is 1. The molecule has 0 radical (unpaired) electrons. The van der Waals surface area contributed by atoms with E-state index >= 15 is 0 Å². The van der Waals surface area contributed by atoms with E-state index in [1.165, 1.54) is 0 Å². The number of carbonyl (C=O) groups is 2. The molecule has 1 aromatic carbocycles. The van der Waals surface area contributed by atoms with Crippen LogP contribution in [0.3, 0.4) is 0 Å². The number of rotatable bonds is 4. The fourth-order valence-electron chi connectivity index (χ4n) is 2.22. The van der Waals surface area contributed by atoms with Crippen LogP contribution in [0, 0.1) is 27.7 Å². The van der Waals surface area contributed by atoms with E-state index in [0.717, 1.165) is 11.1 Å². The molecule has 2 rings (SSSR count). The number of nitrogens with zero attached hydrogens (tertiary/aromatic N) is 1. The molecule has 0 aliphatic carbocycles. The van der Waals surface area contributed by atoms with Gasteiger partial charge < -0.3 is 14.6 Å². The van der Waals surface area contributed by atoms with Crippen molar-refractivity contribution in [2.45, 2.75) is 27.7 Å². The lowest BCUT2D eigenvalue weighted by atomic mass is 10.1. The predicted octanol–water partition coefficient (Wildman–Crippen LogP) is 2.70. The van der Waals surface area contributed by atoms with Crippen LogP contribution in [-0.4, -0.2) is 23.6 Å². The maximum Gasteiger partial charge on any atom is 0.344 e. The lowest BCUT2D eigenvalue weighted by molar-refractivity contribution is -0.119. The smallest absolute Gasteiger partial charge is 0.344 e. The monoisotopic (exact) mass is 302 g/mol. The molecule has 0 bridgehead atoms. The Hall–Kier alpha value is -2.63. The molecule has 6 nitrogen and oxygen atoms in total. The van der Waals surface area contributed by atoms with Crippen LogP contribution in [0.25, 0.3) is 0 Å². The molecule has 0 aliphatic rings. The van der Waals surface area contributed by atoms with E-state index in [2.05, 4.69) is 10.5 Å². The Labute approximate surface area is 128 Å². The first-order valence-electron chi connectivity index (χ1n) is 6.85. The predicted molar refractivity (Wildman–Crippen MR) is 80.8 cm³/mol. The van der Waals surface area contributed by atoms with Crippen molar-refractivity contribution in [1.29, 1.82) is 0 Å². The number of hydrogen-bond donors (Lipinski definition) is 1.